The number of aldehydes is 1. The van der Waals surface area contributed by atoms with Gasteiger partial charge in [-0.3, -0.25) is 4.79 Å². The van der Waals surface area contributed by atoms with Gasteiger partial charge < -0.3 is 15.6 Å². The van der Waals surface area contributed by atoms with Gasteiger partial charge in [0.05, 0.1) is 0 Å². The van der Waals surface area contributed by atoms with Crippen molar-refractivity contribution in [3.05, 3.63) is 0 Å². The predicted molar refractivity (Wildman–Crippen MR) is 34.7 cm³/mol. The van der Waals surface area contributed by atoms with E-state index >= 15 is 0 Å². The highest BCUT2D eigenvalue weighted by atomic mass is 16.2. The van der Waals surface area contributed by atoms with E-state index in [2.05, 4.69) is 5.73 Å². The van der Waals surface area contributed by atoms with Crippen molar-refractivity contribution in [2.45, 2.75) is 13.8 Å². The van der Waals surface area contributed by atoms with Crippen molar-refractivity contribution in [3.8, 4) is 0 Å². The Kier molecular flexibility index (Phi) is 104. The molecule has 4 heteroatoms. The lowest BCUT2D eigenvalue weighted by Gasteiger charge is -1.52. The Bertz CT molecular complexity index is 41.5. The monoisotopic (exact) mass is 135 g/mol. The lowest BCUT2D eigenvalue weighted by molar-refractivity contribution is -0.107. The molecule has 0 saturated heterocycles. The normalized spacial score (nSPS) is 4.78. The van der Waals surface area contributed by atoms with Crippen molar-refractivity contribution in [2.75, 3.05) is 6.61 Å². The lowest BCUT2D eigenvalue weighted by Crippen LogP contribution is -1.82. The van der Waals surface area contributed by atoms with E-state index in [1.807, 2.05) is 0 Å². The van der Waals surface area contributed by atoms with Crippen LogP contribution in [0.5, 0.6) is 0 Å². The SMILES string of the molecule is CC=O.CCO.NC=O. The van der Waals surface area contributed by atoms with Crippen molar-refractivity contribution >= 4 is 12.7 Å². The van der Waals surface area contributed by atoms with Crippen LogP contribution < -0.4 is 5.73 Å². The van der Waals surface area contributed by atoms with Crippen molar-refractivity contribution in [1.82, 2.24) is 0 Å². The van der Waals surface area contributed by atoms with Crippen molar-refractivity contribution in [1.29, 1.82) is 0 Å². The van der Waals surface area contributed by atoms with Crippen LogP contribution in [0.15, 0.2) is 0 Å². The van der Waals surface area contributed by atoms with E-state index in [0.29, 0.717) is 0 Å². The summed E-state index contributed by atoms with van der Waals surface area (Å²) < 4.78 is 0. The minimum absolute atomic E-state index is 0.250. The second-order valence-corrected chi connectivity index (χ2v) is 0.688. The summed E-state index contributed by atoms with van der Waals surface area (Å²) in [4.78, 5) is 17.4. The largest absolute Gasteiger partial charge is 0.397 e. The molecule has 0 radical (unpaired) electrons. The number of carbonyl (C=O) groups excluding carboxylic acids is 2. The van der Waals surface area contributed by atoms with Gasteiger partial charge in [-0.15, -0.1) is 0 Å². The quantitative estimate of drug-likeness (QED) is 0.431. The summed E-state index contributed by atoms with van der Waals surface area (Å²) in [6, 6.07) is 0. The molecule has 0 heterocycles. The van der Waals surface area contributed by atoms with E-state index < -0.39 is 0 Å². The maximum Gasteiger partial charge on any atom is 0.204 e. The molecular weight excluding hydrogens is 122 g/mol. The van der Waals surface area contributed by atoms with Gasteiger partial charge in [0.25, 0.3) is 0 Å². The van der Waals surface area contributed by atoms with Crippen LogP contribution in [0, 0.1) is 0 Å². The van der Waals surface area contributed by atoms with Gasteiger partial charge in [-0.05, 0) is 13.8 Å². The van der Waals surface area contributed by atoms with Crippen LogP contribution in [-0.4, -0.2) is 24.4 Å². The number of hydrogen-bond donors (Lipinski definition) is 2. The molecule has 4 nitrogen and oxygen atoms in total. The first kappa shape index (κ1) is 15.7. The number of carbonyl (C=O) groups is 2. The molecule has 0 rings (SSSR count). The van der Waals surface area contributed by atoms with Crippen molar-refractivity contribution in [2.24, 2.45) is 5.73 Å². The zero-order valence-corrected chi connectivity index (χ0v) is 5.70. The number of rotatable bonds is 0. The molecule has 0 spiro atoms. The highest BCUT2D eigenvalue weighted by molar-refractivity contribution is 5.44. The van der Waals surface area contributed by atoms with E-state index in [1.54, 1.807) is 6.92 Å². The van der Waals surface area contributed by atoms with Gasteiger partial charge in [0.1, 0.15) is 6.29 Å². The van der Waals surface area contributed by atoms with Crippen LogP contribution in [0.1, 0.15) is 13.8 Å². The topological polar surface area (TPSA) is 80.4 Å². The standard InChI is InChI=1S/C2H6O.C2H4O.CH3NO/c2*1-2-3;2-1-3/h3H,2H2,1H3;2H,1H3;1H,(H2,2,3). The molecule has 0 aromatic rings. The maximum atomic E-state index is 8.81. The fourth-order valence-corrected chi connectivity index (χ4v) is 0. The van der Waals surface area contributed by atoms with Gasteiger partial charge in [0, 0.05) is 6.61 Å². The highest BCUT2D eigenvalue weighted by Crippen LogP contribution is 1.30. The molecule has 0 aliphatic carbocycles. The Morgan fingerprint density at radius 1 is 1.56 bits per heavy atom. The smallest absolute Gasteiger partial charge is 0.204 e. The summed E-state index contributed by atoms with van der Waals surface area (Å²) in [5.41, 5.74) is 4.17. The number of hydrogen-bond acceptors (Lipinski definition) is 3. The van der Waals surface area contributed by atoms with E-state index in [0.717, 1.165) is 6.29 Å². The molecule has 0 aromatic heterocycles. The summed E-state index contributed by atoms with van der Waals surface area (Å²) >= 11 is 0. The maximum absolute atomic E-state index is 8.81. The van der Waals surface area contributed by atoms with Crippen LogP contribution in [0.25, 0.3) is 0 Å². The molecule has 0 aromatic carbocycles. The summed E-state index contributed by atoms with van der Waals surface area (Å²) in [6.07, 6.45) is 1.00. The first-order valence-electron chi connectivity index (χ1n) is 2.41. The molecule has 0 unspecified atom stereocenters. The minimum atomic E-state index is 0.250. The van der Waals surface area contributed by atoms with Crippen molar-refractivity contribution in [3.63, 3.8) is 0 Å². The first-order chi connectivity index (χ1) is 4.24. The Hall–Kier alpha value is -0.900. The molecule has 0 atom stereocenters. The average molecular weight is 135 g/mol. The van der Waals surface area contributed by atoms with Gasteiger partial charge in [-0.2, -0.15) is 0 Å². The van der Waals surface area contributed by atoms with Gasteiger partial charge in [-0.1, -0.05) is 0 Å². The van der Waals surface area contributed by atoms with Crippen LogP contribution in [0.2, 0.25) is 0 Å². The van der Waals surface area contributed by atoms with Crippen LogP contribution in [0.3, 0.4) is 0 Å². The predicted octanol–water partition coefficient (Wildman–Crippen LogP) is -0.695. The van der Waals surface area contributed by atoms with Crippen molar-refractivity contribution < 1.29 is 14.7 Å². The van der Waals surface area contributed by atoms with Gasteiger partial charge >= 0.3 is 0 Å². The Balaban J connectivity index is -0.0000000600. The second-order valence-electron chi connectivity index (χ2n) is 0.688. The Labute approximate surface area is 54.7 Å². The van der Waals surface area contributed by atoms with Crippen LogP contribution in [0.4, 0.5) is 0 Å². The fourth-order valence-electron chi connectivity index (χ4n) is 0. The summed E-state index contributed by atoms with van der Waals surface area (Å²) in [5, 5.41) is 7.57. The fraction of sp³-hybridized carbons (Fsp3) is 0.600. The molecule has 0 fully saturated rings. The van der Waals surface area contributed by atoms with Gasteiger partial charge in [-0.25, -0.2) is 0 Å². The molecule has 9 heavy (non-hydrogen) atoms. The third-order valence-corrected chi connectivity index (χ3v) is 0. The molecule has 56 valence electrons. The average Bonchev–Trinajstić information content (AvgIpc) is 1.70. The van der Waals surface area contributed by atoms with Crippen LogP contribution >= 0.6 is 0 Å². The molecule has 0 saturated carbocycles. The highest BCUT2D eigenvalue weighted by Gasteiger charge is 1.34. The van der Waals surface area contributed by atoms with Gasteiger partial charge in [0.2, 0.25) is 6.41 Å². The number of nitrogens with two attached hydrogens (primary N) is 1. The van der Waals surface area contributed by atoms with Gasteiger partial charge in [0.15, 0.2) is 0 Å². The zero-order valence-electron chi connectivity index (χ0n) is 5.70. The first-order valence-corrected chi connectivity index (χ1v) is 2.41. The van der Waals surface area contributed by atoms with E-state index in [9.17, 15) is 0 Å². The molecule has 3 N–H and O–H groups in total. The summed E-state index contributed by atoms with van der Waals surface area (Å²) in [5.74, 6) is 0. The number of primary amides is 1. The molecule has 0 aliphatic heterocycles. The third-order valence-electron chi connectivity index (χ3n) is 0. The third kappa shape index (κ3) is 228. The molecular formula is C5H13NO3. The Morgan fingerprint density at radius 3 is 1.56 bits per heavy atom. The lowest BCUT2D eigenvalue weighted by atomic mass is 10.9. The second kappa shape index (κ2) is 59.9. The summed E-state index contributed by atoms with van der Waals surface area (Å²) in [6.45, 7) is 3.38. The molecule has 0 bridgehead atoms. The van der Waals surface area contributed by atoms with Crippen LogP contribution in [-0.2, 0) is 9.59 Å². The minimum Gasteiger partial charge on any atom is -0.397 e. The van der Waals surface area contributed by atoms with E-state index in [1.165, 1.54) is 6.92 Å². The number of aliphatic hydroxyl groups is 1. The number of amides is 1. The molecule has 1 amide bonds. The molecule has 0 aliphatic rings. The Morgan fingerprint density at radius 2 is 1.56 bits per heavy atom. The summed E-state index contributed by atoms with van der Waals surface area (Å²) in [7, 11) is 0. The number of aliphatic hydroxyl groups excluding tert-OH is 1. The van der Waals surface area contributed by atoms with E-state index in [4.69, 9.17) is 14.7 Å². The zero-order chi connectivity index (χ0) is 8.12. The van der Waals surface area contributed by atoms with E-state index in [-0.39, 0.29) is 13.0 Å².